The Morgan fingerprint density at radius 2 is 1.68 bits per heavy atom. The molecule has 0 aliphatic rings. The third-order valence-corrected chi connectivity index (χ3v) is 3.34. The molecule has 0 bridgehead atoms. The first-order chi connectivity index (χ1) is 8.99. The molecule has 19 heavy (non-hydrogen) atoms. The van der Waals surface area contributed by atoms with E-state index in [1.807, 2.05) is 7.05 Å². The molecular weight excluding hydrogens is 251 g/mol. The fourth-order valence-corrected chi connectivity index (χ4v) is 2.16. The fourth-order valence-electron chi connectivity index (χ4n) is 2.16. The highest BCUT2D eigenvalue weighted by atomic mass is 19.4. The Morgan fingerprint density at radius 3 is 2.16 bits per heavy atom. The molecule has 1 nitrogen and oxygen atoms in total. The first-order valence-electron chi connectivity index (χ1n) is 6.83. The van der Waals surface area contributed by atoms with Crippen molar-refractivity contribution < 1.29 is 13.2 Å². The summed E-state index contributed by atoms with van der Waals surface area (Å²) in [6.45, 7) is 2.16. The van der Waals surface area contributed by atoms with E-state index in [0.717, 1.165) is 30.5 Å². The summed E-state index contributed by atoms with van der Waals surface area (Å²) in [7, 11) is 1.85. The average Bonchev–Trinajstić information content (AvgIpc) is 2.38. The Morgan fingerprint density at radius 1 is 1.05 bits per heavy atom. The van der Waals surface area contributed by atoms with Gasteiger partial charge in [-0.1, -0.05) is 44.7 Å². The summed E-state index contributed by atoms with van der Waals surface area (Å²) in [6.07, 6.45) is 1.38. The molecule has 1 aromatic rings. The van der Waals surface area contributed by atoms with E-state index in [9.17, 15) is 13.2 Å². The molecule has 0 aliphatic heterocycles. The van der Waals surface area contributed by atoms with Crippen molar-refractivity contribution in [2.45, 2.75) is 51.2 Å². The van der Waals surface area contributed by atoms with Gasteiger partial charge in [0.25, 0.3) is 0 Å². The Labute approximate surface area is 113 Å². The maximum Gasteiger partial charge on any atom is 0.416 e. The molecule has 0 aromatic heterocycles. The Bertz CT molecular complexity index is 357. The first-order valence-corrected chi connectivity index (χ1v) is 6.83. The van der Waals surface area contributed by atoms with Crippen molar-refractivity contribution in [2.24, 2.45) is 0 Å². The number of benzene rings is 1. The van der Waals surface area contributed by atoms with Crippen molar-refractivity contribution in [2.75, 3.05) is 7.05 Å². The number of rotatable bonds is 7. The number of unbranched alkanes of at least 4 members (excludes halogenated alkanes) is 3. The highest BCUT2D eigenvalue weighted by Crippen LogP contribution is 2.30. The molecule has 0 unspecified atom stereocenters. The van der Waals surface area contributed by atoms with Crippen molar-refractivity contribution in [3.63, 3.8) is 0 Å². The van der Waals surface area contributed by atoms with Crippen LogP contribution in [0.15, 0.2) is 24.3 Å². The van der Waals surface area contributed by atoms with Crippen LogP contribution in [0.25, 0.3) is 0 Å². The number of nitrogens with one attached hydrogen (secondary N) is 1. The number of alkyl halides is 3. The summed E-state index contributed by atoms with van der Waals surface area (Å²) in [5.41, 5.74) is 0.337. The molecule has 1 aromatic carbocycles. The van der Waals surface area contributed by atoms with Crippen molar-refractivity contribution >= 4 is 0 Å². The quantitative estimate of drug-likeness (QED) is 0.694. The first kappa shape index (κ1) is 16.0. The molecule has 0 saturated heterocycles. The van der Waals surface area contributed by atoms with Crippen LogP contribution in [0.3, 0.4) is 0 Å². The monoisotopic (exact) mass is 273 g/mol. The van der Waals surface area contributed by atoms with Gasteiger partial charge in [0, 0.05) is 6.04 Å². The van der Waals surface area contributed by atoms with E-state index >= 15 is 0 Å². The van der Waals surface area contributed by atoms with E-state index < -0.39 is 11.7 Å². The molecule has 1 atom stereocenters. The van der Waals surface area contributed by atoms with Gasteiger partial charge >= 0.3 is 6.18 Å². The molecule has 0 saturated carbocycles. The Hall–Kier alpha value is -1.03. The van der Waals surface area contributed by atoms with Crippen LogP contribution >= 0.6 is 0 Å². The van der Waals surface area contributed by atoms with Crippen LogP contribution < -0.4 is 5.32 Å². The summed E-state index contributed by atoms with van der Waals surface area (Å²) >= 11 is 0. The zero-order valence-electron chi connectivity index (χ0n) is 11.6. The molecule has 0 fully saturated rings. The number of hydrogen-bond acceptors (Lipinski definition) is 1. The molecule has 108 valence electrons. The molecule has 0 heterocycles. The SMILES string of the molecule is CCCCCC[C@H](NC)c1ccc(C(F)(F)F)cc1. The average molecular weight is 273 g/mol. The number of hydrogen-bond donors (Lipinski definition) is 1. The van der Waals surface area contributed by atoms with Crippen LogP contribution in [0.1, 0.15) is 56.2 Å². The molecule has 1 rings (SSSR count). The maximum atomic E-state index is 12.5. The predicted molar refractivity (Wildman–Crippen MR) is 72.0 cm³/mol. The van der Waals surface area contributed by atoms with E-state index in [1.54, 1.807) is 12.1 Å². The lowest BCUT2D eigenvalue weighted by Gasteiger charge is -2.17. The smallest absolute Gasteiger partial charge is 0.313 e. The molecular formula is C15H22F3N. The van der Waals surface area contributed by atoms with Gasteiger partial charge in [0.1, 0.15) is 0 Å². The normalized spacial score (nSPS) is 13.5. The van der Waals surface area contributed by atoms with Gasteiger partial charge < -0.3 is 5.32 Å². The summed E-state index contributed by atoms with van der Waals surface area (Å²) < 4.78 is 37.4. The van der Waals surface area contributed by atoms with E-state index in [2.05, 4.69) is 12.2 Å². The van der Waals surface area contributed by atoms with Gasteiger partial charge in [-0.3, -0.25) is 0 Å². The van der Waals surface area contributed by atoms with Crippen molar-refractivity contribution in [1.82, 2.24) is 5.32 Å². The van der Waals surface area contributed by atoms with E-state index in [-0.39, 0.29) is 6.04 Å². The lowest BCUT2D eigenvalue weighted by Crippen LogP contribution is -2.16. The van der Waals surface area contributed by atoms with Gasteiger partial charge in [-0.15, -0.1) is 0 Å². The van der Waals surface area contributed by atoms with Crippen LogP contribution in [0.2, 0.25) is 0 Å². The lowest BCUT2D eigenvalue weighted by atomic mass is 9.99. The summed E-state index contributed by atoms with van der Waals surface area (Å²) in [6, 6.07) is 5.60. The van der Waals surface area contributed by atoms with Crippen LogP contribution in [0.4, 0.5) is 13.2 Å². The highest BCUT2D eigenvalue weighted by molar-refractivity contribution is 5.26. The zero-order valence-corrected chi connectivity index (χ0v) is 11.6. The van der Waals surface area contributed by atoms with Gasteiger partial charge in [0.2, 0.25) is 0 Å². The standard InChI is InChI=1S/C15H22F3N/c1-3-4-5-6-7-14(19-2)12-8-10-13(11-9-12)15(16,17)18/h8-11,14,19H,3-7H2,1-2H3/t14-/m0/s1. The third kappa shape index (κ3) is 5.23. The molecule has 0 amide bonds. The second-order valence-corrected chi connectivity index (χ2v) is 4.81. The topological polar surface area (TPSA) is 12.0 Å². The molecule has 4 heteroatoms. The maximum absolute atomic E-state index is 12.5. The summed E-state index contributed by atoms with van der Waals surface area (Å²) in [4.78, 5) is 0. The van der Waals surface area contributed by atoms with Crippen molar-refractivity contribution in [1.29, 1.82) is 0 Å². The Balaban J connectivity index is 2.61. The summed E-state index contributed by atoms with van der Waals surface area (Å²) in [5.74, 6) is 0. The highest BCUT2D eigenvalue weighted by Gasteiger charge is 2.30. The number of halogens is 3. The zero-order chi connectivity index (χ0) is 14.3. The van der Waals surface area contributed by atoms with Crippen molar-refractivity contribution in [3.8, 4) is 0 Å². The van der Waals surface area contributed by atoms with Crippen LogP contribution in [0.5, 0.6) is 0 Å². The van der Waals surface area contributed by atoms with E-state index in [0.29, 0.717) is 0 Å². The molecule has 0 aliphatic carbocycles. The molecule has 0 radical (unpaired) electrons. The second kappa shape index (κ2) is 7.53. The van der Waals surface area contributed by atoms with E-state index in [1.165, 1.54) is 19.3 Å². The van der Waals surface area contributed by atoms with E-state index in [4.69, 9.17) is 0 Å². The van der Waals surface area contributed by atoms with Gasteiger partial charge in [0.15, 0.2) is 0 Å². The van der Waals surface area contributed by atoms with Gasteiger partial charge in [-0.05, 0) is 31.2 Å². The van der Waals surface area contributed by atoms with Crippen molar-refractivity contribution in [3.05, 3.63) is 35.4 Å². The van der Waals surface area contributed by atoms with Crippen LogP contribution in [-0.2, 0) is 6.18 Å². The minimum absolute atomic E-state index is 0.138. The lowest BCUT2D eigenvalue weighted by molar-refractivity contribution is -0.137. The van der Waals surface area contributed by atoms with Gasteiger partial charge in [-0.25, -0.2) is 0 Å². The van der Waals surface area contributed by atoms with Crippen LogP contribution in [-0.4, -0.2) is 7.05 Å². The predicted octanol–water partition coefficient (Wildman–Crippen LogP) is 4.94. The Kier molecular flexibility index (Phi) is 6.35. The minimum atomic E-state index is -4.26. The largest absolute Gasteiger partial charge is 0.416 e. The second-order valence-electron chi connectivity index (χ2n) is 4.81. The summed E-state index contributed by atoms with van der Waals surface area (Å²) in [5, 5.41) is 3.17. The third-order valence-electron chi connectivity index (χ3n) is 3.34. The van der Waals surface area contributed by atoms with Gasteiger partial charge in [-0.2, -0.15) is 13.2 Å². The fraction of sp³-hybridized carbons (Fsp3) is 0.600. The molecule has 1 N–H and O–H groups in total. The molecule has 0 spiro atoms. The van der Waals surface area contributed by atoms with Crippen LogP contribution in [0, 0.1) is 0 Å². The minimum Gasteiger partial charge on any atom is -0.313 e. The van der Waals surface area contributed by atoms with Gasteiger partial charge in [0.05, 0.1) is 5.56 Å².